The van der Waals surface area contributed by atoms with Gasteiger partial charge in [0.2, 0.25) is 5.91 Å². The predicted molar refractivity (Wildman–Crippen MR) is 131 cm³/mol. The number of hydrogen-bond acceptors (Lipinski definition) is 4. The molecule has 2 aliphatic rings. The van der Waals surface area contributed by atoms with E-state index in [2.05, 4.69) is 15.7 Å². The Morgan fingerprint density at radius 1 is 1.06 bits per heavy atom. The smallest absolute Gasteiger partial charge is 0.319 e. The molecule has 2 aliphatic heterocycles. The monoisotopic (exact) mass is 461 g/mol. The molecule has 0 radical (unpaired) electrons. The van der Waals surface area contributed by atoms with Crippen molar-refractivity contribution in [3.8, 4) is 0 Å². The number of amides is 4. The van der Waals surface area contributed by atoms with Crippen molar-refractivity contribution in [2.24, 2.45) is 11.0 Å². The lowest BCUT2D eigenvalue weighted by Crippen LogP contribution is -2.47. The Balaban J connectivity index is 1.30. The van der Waals surface area contributed by atoms with Crippen molar-refractivity contribution in [1.29, 1.82) is 0 Å². The van der Waals surface area contributed by atoms with Gasteiger partial charge >= 0.3 is 6.03 Å². The minimum atomic E-state index is -0.251. The van der Waals surface area contributed by atoms with E-state index in [0.29, 0.717) is 38.3 Å². The van der Waals surface area contributed by atoms with Crippen molar-refractivity contribution in [3.63, 3.8) is 0 Å². The Kier molecular flexibility index (Phi) is 7.57. The lowest BCUT2D eigenvalue weighted by atomic mass is 9.97. The molecule has 0 aliphatic carbocycles. The molecular weight excluding hydrogens is 430 g/mol. The number of rotatable bonds is 6. The van der Waals surface area contributed by atoms with Crippen LogP contribution in [0, 0.1) is 12.8 Å². The lowest BCUT2D eigenvalue weighted by molar-refractivity contribution is -0.132. The molecule has 0 spiro atoms. The molecule has 0 saturated carbocycles. The predicted octanol–water partition coefficient (Wildman–Crippen LogP) is 3.53. The Morgan fingerprint density at radius 3 is 2.59 bits per heavy atom. The van der Waals surface area contributed by atoms with E-state index < -0.39 is 0 Å². The molecule has 0 aromatic heterocycles. The number of hydrazone groups is 1. The van der Waals surface area contributed by atoms with Crippen LogP contribution in [0.15, 0.2) is 59.7 Å². The number of piperidine rings is 1. The zero-order valence-electron chi connectivity index (χ0n) is 19.5. The van der Waals surface area contributed by atoms with Crippen LogP contribution in [0.25, 0.3) is 0 Å². The number of carbonyl (C=O) groups is 3. The average Bonchev–Trinajstić information content (AvgIpc) is 2.86. The second kappa shape index (κ2) is 11.0. The van der Waals surface area contributed by atoms with Crippen molar-refractivity contribution in [1.82, 2.24) is 15.2 Å². The SMILES string of the molecule is Cc1ccc(NC(=O)NCC2CCCN(C(=O)C3=NN(Cc4ccccc4)C(=O)CC3)C2)cc1. The third-order valence-electron chi connectivity index (χ3n) is 6.19. The molecule has 0 bridgehead atoms. The number of urea groups is 1. The lowest BCUT2D eigenvalue weighted by Gasteiger charge is -2.34. The topological polar surface area (TPSA) is 94.1 Å². The molecule has 1 saturated heterocycles. The molecule has 178 valence electrons. The second-order valence-corrected chi connectivity index (χ2v) is 8.94. The Hall–Kier alpha value is -3.68. The van der Waals surface area contributed by atoms with Crippen molar-refractivity contribution in [2.45, 2.75) is 39.2 Å². The first-order chi connectivity index (χ1) is 16.5. The number of anilines is 1. The van der Waals surface area contributed by atoms with E-state index >= 15 is 0 Å². The second-order valence-electron chi connectivity index (χ2n) is 8.94. The zero-order chi connectivity index (χ0) is 23.9. The summed E-state index contributed by atoms with van der Waals surface area (Å²) in [6.07, 6.45) is 2.47. The quantitative estimate of drug-likeness (QED) is 0.689. The summed E-state index contributed by atoms with van der Waals surface area (Å²) in [5.74, 6) is -0.00667. The maximum Gasteiger partial charge on any atom is 0.319 e. The number of benzene rings is 2. The highest BCUT2D eigenvalue weighted by atomic mass is 16.2. The van der Waals surface area contributed by atoms with Gasteiger partial charge in [0.25, 0.3) is 5.91 Å². The van der Waals surface area contributed by atoms with Gasteiger partial charge in [0.15, 0.2) is 0 Å². The summed E-state index contributed by atoms with van der Waals surface area (Å²) >= 11 is 0. The van der Waals surface area contributed by atoms with E-state index in [0.717, 1.165) is 29.7 Å². The standard InChI is InChI=1S/C26H31N5O3/c1-19-9-11-22(12-10-19)28-26(34)27-16-21-8-5-15-30(17-21)25(33)23-13-14-24(32)31(29-23)18-20-6-3-2-4-7-20/h2-4,6-7,9-12,21H,5,8,13-18H2,1H3,(H2,27,28,34). The number of hydrogen-bond donors (Lipinski definition) is 2. The number of nitrogens with one attached hydrogen (secondary N) is 2. The number of carbonyl (C=O) groups excluding carboxylic acids is 3. The molecular formula is C26H31N5O3. The maximum absolute atomic E-state index is 13.2. The highest BCUT2D eigenvalue weighted by molar-refractivity contribution is 6.39. The maximum atomic E-state index is 13.2. The van der Waals surface area contributed by atoms with Gasteiger partial charge < -0.3 is 15.5 Å². The molecule has 2 N–H and O–H groups in total. The van der Waals surface area contributed by atoms with E-state index in [1.54, 1.807) is 0 Å². The first-order valence-corrected chi connectivity index (χ1v) is 11.8. The van der Waals surface area contributed by atoms with Crippen molar-refractivity contribution >= 4 is 29.2 Å². The Labute approximate surface area is 200 Å². The number of likely N-dealkylation sites (tertiary alicyclic amines) is 1. The molecule has 8 heteroatoms. The Morgan fingerprint density at radius 2 is 1.82 bits per heavy atom. The molecule has 2 heterocycles. The molecule has 1 unspecified atom stereocenters. The average molecular weight is 462 g/mol. The number of nitrogens with zero attached hydrogens (tertiary/aromatic N) is 3. The van der Waals surface area contributed by atoms with E-state index in [4.69, 9.17) is 0 Å². The van der Waals surface area contributed by atoms with Crippen LogP contribution in [0.1, 0.15) is 36.8 Å². The summed E-state index contributed by atoms with van der Waals surface area (Å²) in [5.41, 5.74) is 3.28. The largest absolute Gasteiger partial charge is 0.338 e. The summed E-state index contributed by atoms with van der Waals surface area (Å²) in [5, 5.41) is 11.6. The van der Waals surface area contributed by atoms with Crippen molar-refractivity contribution in [2.75, 3.05) is 25.0 Å². The highest BCUT2D eigenvalue weighted by Gasteiger charge is 2.30. The van der Waals surface area contributed by atoms with Gasteiger partial charge in [0, 0.05) is 38.2 Å². The van der Waals surface area contributed by atoms with Crippen LogP contribution in [0.3, 0.4) is 0 Å². The fourth-order valence-electron chi connectivity index (χ4n) is 4.28. The summed E-state index contributed by atoms with van der Waals surface area (Å²) in [6.45, 7) is 4.08. The van der Waals surface area contributed by atoms with Crippen LogP contribution in [-0.4, -0.2) is 53.1 Å². The summed E-state index contributed by atoms with van der Waals surface area (Å²) in [4.78, 5) is 39.6. The van der Waals surface area contributed by atoms with Crippen LogP contribution >= 0.6 is 0 Å². The first kappa shape index (κ1) is 23.5. The van der Waals surface area contributed by atoms with Gasteiger partial charge in [-0.3, -0.25) is 9.59 Å². The Bertz CT molecular complexity index is 1050. The van der Waals surface area contributed by atoms with Gasteiger partial charge in [-0.15, -0.1) is 0 Å². The van der Waals surface area contributed by atoms with Crippen molar-refractivity contribution in [3.05, 3.63) is 65.7 Å². The van der Waals surface area contributed by atoms with E-state index in [1.165, 1.54) is 5.01 Å². The van der Waals surface area contributed by atoms with Gasteiger partial charge in [0.1, 0.15) is 5.71 Å². The van der Waals surface area contributed by atoms with Crippen LogP contribution in [0.2, 0.25) is 0 Å². The van der Waals surface area contributed by atoms with E-state index in [-0.39, 0.29) is 30.2 Å². The van der Waals surface area contributed by atoms with Crippen LogP contribution in [0.5, 0.6) is 0 Å². The van der Waals surface area contributed by atoms with Gasteiger partial charge in [-0.05, 0) is 43.4 Å². The zero-order valence-corrected chi connectivity index (χ0v) is 19.5. The highest BCUT2D eigenvalue weighted by Crippen LogP contribution is 2.20. The molecule has 2 aromatic carbocycles. The fourth-order valence-corrected chi connectivity index (χ4v) is 4.28. The summed E-state index contributed by atoms with van der Waals surface area (Å²) in [7, 11) is 0. The van der Waals surface area contributed by atoms with Gasteiger partial charge in [-0.2, -0.15) is 5.10 Å². The first-order valence-electron chi connectivity index (χ1n) is 11.8. The minimum absolute atomic E-state index is 0.0688. The van der Waals surface area contributed by atoms with E-state index in [1.807, 2.05) is 66.4 Å². The molecule has 8 nitrogen and oxygen atoms in total. The van der Waals surface area contributed by atoms with E-state index in [9.17, 15) is 14.4 Å². The van der Waals surface area contributed by atoms with Crippen LogP contribution < -0.4 is 10.6 Å². The molecule has 1 fully saturated rings. The van der Waals surface area contributed by atoms with Gasteiger partial charge in [0.05, 0.1) is 6.54 Å². The molecule has 4 rings (SSSR count). The summed E-state index contributed by atoms with van der Waals surface area (Å²) in [6, 6.07) is 17.0. The normalized spacial score (nSPS) is 18.3. The summed E-state index contributed by atoms with van der Waals surface area (Å²) < 4.78 is 0. The fraction of sp³-hybridized carbons (Fsp3) is 0.385. The van der Waals surface area contributed by atoms with Crippen LogP contribution in [0.4, 0.5) is 10.5 Å². The van der Waals surface area contributed by atoms with Gasteiger partial charge in [-0.1, -0.05) is 48.0 Å². The number of aryl methyl sites for hydroxylation is 1. The minimum Gasteiger partial charge on any atom is -0.338 e. The van der Waals surface area contributed by atoms with Crippen molar-refractivity contribution < 1.29 is 14.4 Å². The molecule has 2 aromatic rings. The van der Waals surface area contributed by atoms with Crippen LogP contribution in [-0.2, 0) is 16.1 Å². The molecule has 4 amide bonds. The third kappa shape index (κ3) is 6.21. The third-order valence-corrected chi connectivity index (χ3v) is 6.19. The molecule has 34 heavy (non-hydrogen) atoms. The van der Waals surface area contributed by atoms with Gasteiger partial charge in [-0.25, -0.2) is 9.80 Å². The molecule has 1 atom stereocenters.